The van der Waals surface area contributed by atoms with Crippen LogP contribution in [0.3, 0.4) is 0 Å². The lowest BCUT2D eigenvalue weighted by atomic mass is 9.74. The van der Waals surface area contributed by atoms with Crippen molar-refractivity contribution >= 4 is 11.7 Å². The highest BCUT2D eigenvalue weighted by molar-refractivity contribution is 5.91. The number of hydrogen-bond acceptors (Lipinski definition) is 2. The summed E-state index contributed by atoms with van der Waals surface area (Å²) in [5, 5.41) is 2.71. The van der Waals surface area contributed by atoms with Crippen molar-refractivity contribution in [1.82, 2.24) is 9.88 Å². The van der Waals surface area contributed by atoms with E-state index in [2.05, 4.69) is 17.2 Å². The van der Waals surface area contributed by atoms with Gasteiger partial charge in [-0.3, -0.25) is 4.98 Å². The maximum absolute atomic E-state index is 14.4. The van der Waals surface area contributed by atoms with Crippen LogP contribution in [0.4, 0.5) is 19.3 Å². The van der Waals surface area contributed by atoms with Gasteiger partial charge in [0.1, 0.15) is 11.6 Å². The normalized spacial score (nSPS) is 24.2. The number of aromatic nitrogens is 1. The Bertz CT molecular complexity index is 858. The molecule has 0 unspecified atom stereocenters. The molecule has 0 spiro atoms. The topological polar surface area (TPSA) is 45.2 Å². The van der Waals surface area contributed by atoms with E-state index in [0.29, 0.717) is 22.6 Å². The van der Waals surface area contributed by atoms with E-state index in [9.17, 15) is 13.6 Å². The zero-order chi connectivity index (χ0) is 18.4. The molecule has 3 heterocycles. The number of hydrogen-bond donors (Lipinski definition) is 1. The Morgan fingerprint density at radius 2 is 1.88 bits per heavy atom. The molecular formula is C20H21F2N3O. The molecule has 0 radical (unpaired) electrons. The number of rotatable bonds is 2. The highest BCUT2D eigenvalue weighted by Crippen LogP contribution is 2.41. The second kappa shape index (κ2) is 6.34. The van der Waals surface area contributed by atoms with Gasteiger partial charge < -0.3 is 10.2 Å². The number of piperidine rings is 1. The standard InChI is InChI=1S/C20H21F2N3O/c1-11-3-15-7-16(4-11)25(15)20(26)24-19-8-17(12(2)5-18(19)22)13-6-14(21)10-23-9-13/h5-6,8-11,15-16H,3-4,7H2,1-2H3,(H,24,26)/t11-,15-,16+. The van der Waals surface area contributed by atoms with Crippen molar-refractivity contribution in [1.29, 1.82) is 0 Å². The molecule has 1 aromatic heterocycles. The van der Waals surface area contributed by atoms with E-state index in [4.69, 9.17) is 0 Å². The lowest BCUT2D eigenvalue weighted by Crippen LogP contribution is -2.63. The molecule has 4 rings (SSSR count). The molecule has 1 aromatic carbocycles. The molecule has 2 fully saturated rings. The fourth-order valence-corrected chi connectivity index (χ4v) is 4.30. The van der Waals surface area contributed by atoms with E-state index < -0.39 is 11.6 Å². The third kappa shape index (κ3) is 2.93. The molecule has 1 N–H and O–H groups in total. The Hall–Kier alpha value is -2.50. The average molecular weight is 357 g/mol. The van der Waals surface area contributed by atoms with Crippen molar-refractivity contribution in [3.05, 3.63) is 47.8 Å². The summed E-state index contributed by atoms with van der Waals surface area (Å²) >= 11 is 0. The van der Waals surface area contributed by atoms with Crippen LogP contribution in [0.2, 0.25) is 0 Å². The first-order chi connectivity index (χ1) is 12.4. The van der Waals surface area contributed by atoms with Gasteiger partial charge in [-0.25, -0.2) is 13.6 Å². The van der Waals surface area contributed by atoms with E-state index in [1.165, 1.54) is 18.3 Å². The molecule has 136 valence electrons. The van der Waals surface area contributed by atoms with Crippen molar-refractivity contribution in [2.24, 2.45) is 5.92 Å². The molecule has 3 atom stereocenters. The predicted molar refractivity (Wildman–Crippen MR) is 95.8 cm³/mol. The van der Waals surface area contributed by atoms with E-state index in [1.807, 2.05) is 4.90 Å². The van der Waals surface area contributed by atoms with Crippen LogP contribution in [0.5, 0.6) is 0 Å². The lowest BCUT2D eigenvalue weighted by Gasteiger charge is -2.54. The summed E-state index contributed by atoms with van der Waals surface area (Å²) in [6, 6.07) is 4.50. The molecule has 26 heavy (non-hydrogen) atoms. The minimum Gasteiger partial charge on any atom is -0.318 e. The molecule has 2 aliphatic heterocycles. The quantitative estimate of drug-likeness (QED) is 0.844. The lowest BCUT2D eigenvalue weighted by molar-refractivity contribution is -0.00603. The van der Waals surface area contributed by atoms with Crippen LogP contribution < -0.4 is 5.32 Å². The number of benzene rings is 1. The fraction of sp³-hybridized carbons (Fsp3) is 0.400. The molecule has 2 saturated heterocycles. The van der Waals surface area contributed by atoms with Crippen molar-refractivity contribution in [2.45, 2.75) is 45.2 Å². The first-order valence-corrected chi connectivity index (χ1v) is 8.92. The monoisotopic (exact) mass is 357 g/mol. The van der Waals surface area contributed by atoms with E-state index >= 15 is 0 Å². The van der Waals surface area contributed by atoms with E-state index in [1.54, 1.807) is 13.0 Å². The van der Waals surface area contributed by atoms with Gasteiger partial charge in [0.25, 0.3) is 0 Å². The van der Waals surface area contributed by atoms with Crippen LogP contribution in [0.1, 0.15) is 31.7 Å². The van der Waals surface area contributed by atoms with Gasteiger partial charge in [-0.1, -0.05) is 6.92 Å². The first kappa shape index (κ1) is 16.9. The Morgan fingerprint density at radius 3 is 2.58 bits per heavy atom. The zero-order valence-electron chi connectivity index (χ0n) is 14.8. The highest BCUT2D eigenvalue weighted by Gasteiger charge is 2.46. The maximum atomic E-state index is 14.4. The molecule has 2 amide bonds. The van der Waals surface area contributed by atoms with Crippen molar-refractivity contribution < 1.29 is 13.6 Å². The summed E-state index contributed by atoms with van der Waals surface area (Å²) in [5.41, 5.74) is 1.96. The van der Waals surface area contributed by atoms with Gasteiger partial charge in [-0.05, 0) is 61.4 Å². The zero-order valence-corrected chi connectivity index (χ0v) is 14.8. The van der Waals surface area contributed by atoms with Crippen molar-refractivity contribution in [2.75, 3.05) is 5.32 Å². The summed E-state index contributed by atoms with van der Waals surface area (Å²) in [6.45, 7) is 3.95. The number of fused-ring (bicyclic) bond motifs is 2. The number of pyridine rings is 1. The third-order valence-electron chi connectivity index (χ3n) is 5.49. The van der Waals surface area contributed by atoms with E-state index in [0.717, 1.165) is 25.5 Å². The van der Waals surface area contributed by atoms with Crippen LogP contribution >= 0.6 is 0 Å². The summed E-state index contributed by atoms with van der Waals surface area (Å²) < 4.78 is 27.9. The Balaban J connectivity index is 1.59. The number of amides is 2. The molecule has 2 aliphatic rings. The minimum absolute atomic E-state index is 0.109. The number of anilines is 1. The number of carbonyl (C=O) groups is 1. The third-order valence-corrected chi connectivity index (χ3v) is 5.49. The Morgan fingerprint density at radius 1 is 1.15 bits per heavy atom. The van der Waals surface area contributed by atoms with Crippen LogP contribution in [-0.4, -0.2) is 28.0 Å². The maximum Gasteiger partial charge on any atom is 0.322 e. The SMILES string of the molecule is Cc1cc(F)c(NC(=O)N2[C@@H]3C[C@@H](C)C[C@H]2C3)cc1-c1cncc(F)c1. The summed E-state index contributed by atoms with van der Waals surface area (Å²) in [4.78, 5) is 18.3. The van der Waals surface area contributed by atoms with Gasteiger partial charge in [-0.2, -0.15) is 0 Å². The second-order valence-electron chi connectivity index (χ2n) is 7.50. The van der Waals surface area contributed by atoms with Crippen molar-refractivity contribution in [3.63, 3.8) is 0 Å². The van der Waals surface area contributed by atoms with Gasteiger partial charge in [0, 0.05) is 23.8 Å². The number of nitrogens with zero attached hydrogens (tertiary/aromatic N) is 2. The smallest absolute Gasteiger partial charge is 0.318 e. The van der Waals surface area contributed by atoms with Crippen LogP contribution in [0, 0.1) is 24.5 Å². The number of nitrogens with one attached hydrogen (secondary N) is 1. The molecular weight excluding hydrogens is 336 g/mol. The molecule has 0 saturated carbocycles. The highest BCUT2D eigenvalue weighted by atomic mass is 19.1. The summed E-state index contributed by atoms with van der Waals surface area (Å²) in [7, 11) is 0. The van der Waals surface area contributed by atoms with Gasteiger partial charge in [0.2, 0.25) is 0 Å². The number of aryl methyl sites for hydroxylation is 1. The van der Waals surface area contributed by atoms with Crippen molar-refractivity contribution in [3.8, 4) is 11.1 Å². The average Bonchev–Trinajstić information content (AvgIpc) is 2.56. The van der Waals surface area contributed by atoms with Crippen LogP contribution in [0.25, 0.3) is 11.1 Å². The number of carbonyl (C=O) groups excluding carboxylic acids is 1. The second-order valence-corrected chi connectivity index (χ2v) is 7.50. The molecule has 6 heteroatoms. The molecule has 0 aliphatic carbocycles. The minimum atomic E-state index is -0.497. The van der Waals surface area contributed by atoms with Gasteiger partial charge >= 0.3 is 6.03 Å². The first-order valence-electron chi connectivity index (χ1n) is 8.92. The molecule has 4 nitrogen and oxygen atoms in total. The summed E-state index contributed by atoms with van der Waals surface area (Å²) in [6.07, 6.45) is 5.68. The Kier molecular flexibility index (Phi) is 4.13. The number of halogens is 2. The van der Waals surface area contributed by atoms with Gasteiger partial charge in [0.15, 0.2) is 0 Å². The number of urea groups is 1. The fourth-order valence-electron chi connectivity index (χ4n) is 4.30. The largest absolute Gasteiger partial charge is 0.322 e. The Labute approximate surface area is 151 Å². The molecule has 2 aromatic rings. The van der Waals surface area contributed by atoms with Gasteiger partial charge in [-0.15, -0.1) is 0 Å². The summed E-state index contributed by atoms with van der Waals surface area (Å²) in [5.74, 6) is -0.326. The van der Waals surface area contributed by atoms with Gasteiger partial charge in [0.05, 0.1) is 11.9 Å². The predicted octanol–water partition coefficient (Wildman–Crippen LogP) is 4.74. The van der Waals surface area contributed by atoms with Crippen LogP contribution in [-0.2, 0) is 0 Å². The van der Waals surface area contributed by atoms with E-state index in [-0.39, 0.29) is 23.8 Å². The molecule has 2 bridgehead atoms. The van der Waals surface area contributed by atoms with Crippen LogP contribution in [0.15, 0.2) is 30.6 Å².